The van der Waals surface area contributed by atoms with E-state index in [9.17, 15) is 24.0 Å². The SMILES string of the molecule is CSCCC(NC(=O)C(N)C(C)C)C(=O)NC(CC(N)=O)C(=O)NC(CS)C(=O)O. The molecule has 172 valence electrons. The average molecular weight is 466 g/mol. The van der Waals surface area contributed by atoms with Crippen LogP contribution in [0.2, 0.25) is 0 Å². The van der Waals surface area contributed by atoms with E-state index in [-0.39, 0.29) is 18.1 Å². The van der Waals surface area contributed by atoms with E-state index in [0.29, 0.717) is 5.75 Å². The molecule has 0 saturated carbocycles. The summed E-state index contributed by atoms with van der Waals surface area (Å²) in [6.45, 7) is 3.52. The summed E-state index contributed by atoms with van der Waals surface area (Å²) in [4.78, 5) is 59.8. The first-order valence-electron chi connectivity index (χ1n) is 9.22. The Morgan fingerprint density at radius 3 is 1.90 bits per heavy atom. The van der Waals surface area contributed by atoms with Crippen molar-refractivity contribution in [1.29, 1.82) is 0 Å². The molecule has 0 spiro atoms. The summed E-state index contributed by atoms with van der Waals surface area (Å²) in [7, 11) is 0. The quantitative estimate of drug-likeness (QED) is 0.144. The lowest BCUT2D eigenvalue weighted by atomic mass is 10.0. The molecule has 0 aliphatic rings. The Balaban J connectivity index is 5.40. The zero-order chi connectivity index (χ0) is 23.4. The van der Waals surface area contributed by atoms with Crippen molar-refractivity contribution in [1.82, 2.24) is 16.0 Å². The van der Waals surface area contributed by atoms with Gasteiger partial charge in [-0.05, 0) is 24.3 Å². The molecule has 0 aliphatic heterocycles. The van der Waals surface area contributed by atoms with Crippen LogP contribution in [0.3, 0.4) is 0 Å². The molecule has 0 aromatic carbocycles. The van der Waals surface area contributed by atoms with E-state index in [4.69, 9.17) is 16.6 Å². The second-order valence-electron chi connectivity index (χ2n) is 6.93. The summed E-state index contributed by atoms with van der Waals surface area (Å²) in [5, 5.41) is 16.2. The zero-order valence-corrected chi connectivity index (χ0v) is 18.9. The van der Waals surface area contributed by atoms with Gasteiger partial charge in [0.05, 0.1) is 12.5 Å². The van der Waals surface area contributed by atoms with Gasteiger partial charge in [-0.3, -0.25) is 19.2 Å². The summed E-state index contributed by atoms with van der Waals surface area (Å²) >= 11 is 5.30. The van der Waals surface area contributed by atoms with Crippen molar-refractivity contribution in [2.75, 3.05) is 17.8 Å². The summed E-state index contributed by atoms with van der Waals surface area (Å²) < 4.78 is 0. The number of carboxylic acids is 1. The Bertz CT molecular complexity index is 634. The molecule has 4 unspecified atom stereocenters. The second kappa shape index (κ2) is 14.1. The minimum absolute atomic E-state index is 0.156. The van der Waals surface area contributed by atoms with Gasteiger partial charge in [-0.2, -0.15) is 24.4 Å². The number of aliphatic carboxylic acids is 1. The molecular formula is C17H31N5O6S2. The van der Waals surface area contributed by atoms with E-state index in [1.807, 2.05) is 6.26 Å². The Hall–Kier alpha value is -1.99. The van der Waals surface area contributed by atoms with Crippen LogP contribution >= 0.6 is 24.4 Å². The van der Waals surface area contributed by atoms with E-state index >= 15 is 0 Å². The molecule has 0 aromatic heterocycles. The third-order valence-electron chi connectivity index (χ3n) is 4.10. The molecule has 4 atom stereocenters. The third kappa shape index (κ3) is 10.2. The summed E-state index contributed by atoms with van der Waals surface area (Å²) in [5.41, 5.74) is 11.0. The molecule has 8 N–H and O–H groups in total. The van der Waals surface area contributed by atoms with Crippen LogP contribution < -0.4 is 27.4 Å². The van der Waals surface area contributed by atoms with Crippen molar-refractivity contribution in [3.63, 3.8) is 0 Å². The van der Waals surface area contributed by atoms with E-state index in [2.05, 4.69) is 28.6 Å². The van der Waals surface area contributed by atoms with Gasteiger partial charge in [0.1, 0.15) is 18.1 Å². The van der Waals surface area contributed by atoms with E-state index < -0.39 is 60.2 Å². The lowest BCUT2D eigenvalue weighted by Gasteiger charge is -2.25. The smallest absolute Gasteiger partial charge is 0.327 e. The fourth-order valence-electron chi connectivity index (χ4n) is 2.22. The molecule has 0 fully saturated rings. The van der Waals surface area contributed by atoms with Crippen molar-refractivity contribution in [3.05, 3.63) is 0 Å². The van der Waals surface area contributed by atoms with Crippen LogP contribution in [-0.4, -0.2) is 76.6 Å². The topological polar surface area (TPSA) is 194 Å². The van der Waals surface area contributed by atoms with Crippen LogP contribution in [0.15, 0.2) is 0 Å². The molecule has 0 radical (unpaired) electrons. The number of carboxylic acid groups (broad SMARTS) is 1. The molecule has 0 heterocycles. The molecule has 0 rings (SSSR count). The fourth-order valence-corrected chi connectivity index (χ4v) is 2.93. The Morgan fingerprint density at radius 1 is 0.967 bits per heavy atom. The molecule has 0 aliphatic carbocycles. The number of amides is 4. The van der Waals surface area contributed by atoms with Crippen LogP contribution in [0.4, 0.5) is 0 Å². The van der Waals surface area contributed by atoms with Crippen molar-refractivity contribution in [2.45, 2.75) is 50.9 Å². The van der Waals surface area contributed by atoms with Gasteiger partial charge in [-0.25, -0.2) is 4.79 Å². The van der Waals surface area contributed by atoms with Gasteiger partial charge in [0, 0.05) is 5.75 Å². The highest BCUT2D eigenvalue weighted by atomic mass is 32.2. The predicted octanol–water partition coefficient (Wildman–Crippen LogP) is -1.93. The van der Waals surface area contributed by atoms with Crippen LogP contribution in [0.1, 0.15) is 26.7 Å². The highest BCUT2D eigenvalue weighted by Crippen LogP contribution is 2.05. The summed E-state index contributed by atoms with van der Waals surface area (Å²) in [5.74, 6) is -4.17. The molecule has 11 nitrogen and oxygen atoms in total. The van der Waals surface area contributed by atoms with Gasteiger partial charge in [-0.15, -0.1) is 0 Å². The van der Waals surface area contributed by atoms with Crippen molar-refractivity contribution in [3.8, 4) is 0 Å². The van der Waals surface area contributed by atoms with Gasteiger partial charge in [-0.1, -0.05) is 13.8 Å². The van der Waals surface area contributed by atoms with E-state index in [0.717, 1.165) is 0 Å². The third-order valence-corrected chi connectivity index (χ3v) is 5.11. The van der Waals surface area contributed by atoms with Crippen LogP contribution in [0, 0.1) is 5.92 Å². The number of thiol groups is 1. The minimum Gasteiger partial charge on any atom is -0.480 e. The minimum atomic E-state index is -1.41. The predicted molar refractivity (Wildman–Crippen MR) is 117 cm³/mol. The van der Waals surface area contributed by atoms with Gasteiger partial charge in [0.15, 0.2) is 0 Å². The number of nitrogens with one attached hydrogen (secondary N) is 3. The maximum Gasteiger partial charge on any atom is 0.327 e. The van der Waals surface area contributed by atoms with Gasteiger partial charge in [0.25, 0.3) is 0 Å². The Labute approximate surface area is 185 Å². The molecule has 13 heteroatoms. The van der Waals surface area contributed by atoms with Gasteiger partial charge in [0.2, 0.25) is 23.6 Å². The van der Waals surface area contributed by atoms with Gasteiger partial charge < -0.3 is 32.5 Å². The number of thioether (sulfide) groups is 1. The molecular weight excluding hydrogens is 434 g/mol. The standard InChI is InChI=1S/C17H31N5O6S2/c1-8(2)13(19)16(26)20-9(4-5-30-3)14(24)21-10(6-12(18)23)15(25)22-11(7-29)17(27)28/h8-11,13,29H,4-7,19H2,1-3H3,(H2,18,23)(H,20,26)(H,21,24)(H,22,25)(H,27,28). The highest BCUT2D eigenvalue weighted by Gasteiger charge is 2.31. The Kier molecular flexibility index (Phi) is 13.2. The highest BCUT2D eigenvalue weighted by molar-refractivity contribution is 7.98. The first-order chi connectivity index (χ1) is 13.9. The first-order valence-corrected chi connectivity index (χ1v) is 11.2. The number of carbonyl (C=O) groups is 5. The van der Waals surface area contributed by atoms with Crippen LogP contribution in [-0.2, 0) is 24.0 Å². The first kappa shape index (κ1) is 28.0. The van der Waals surface area contributed by atoms with Crippen molar-refractivity contribution in [2.24, 2.45) is 17.4 Å². The Morgan fingerprint density at radius 2 is 1.47 bits per heavy atom. The lowest BCUT2D eigenvalue weighted by molar-refractivity contribution is -0.141. The van der Waals surface area contributed by atoms with Crippen LogP contribution in [0.25, 0.3) is 0 Å². The van der Waals surface area contributed by atoms with Crippen LogP contribution in [0.5, 0.6) is 0 Å². The summed E-state index contributed by atoms with van der Waals surface area (Å²) in [6.07, 6.45) is 1.53. The number of hydrogen-bond acceptors (Lipinski definition) is 8. The van der Waals surface area contributed by atoms with Crippen molar-refractivity contribution >= 4 is 54.0 Å². The van der Waals surface area contributed by atoms with E-state index in [1.165, 1.54) is 11.8 Å². The second-order valence-corrected chi connectivity index (χ2v) is 8.28. The van der Waals surface area contributed by atoms with Crippen molar-refractivity contribution < 1.29 is 29.1 Å². The maximum atomic E-state index is 12.7. The lowest BCUT2D eigenvalue weighted by Crippen LogP contribution is -2.58. The molecule has 0 aromatic rings. The molecule has 0 saturated heterocycles. The number of carbonyl (C=O) groups excluding carboxylic acids is 4. The zero-order valence-electron chi connectivity index (χ0n) is 17.2. The fraction of sp³-hybridized carbons (Fsp3) is 0.706. The molecule has 30 heavy (non-hydrogen) atoms. The average Bonchev–Trinajstić information content (AvgIpc) is 2.66. The van der Waals surface area contributed by atoms with E-state index in [1.54, 1.807) is 13.8 Å². The maximum absolute atomic E-state index is 12.7. The number of rotatable bonds is 14. The normalized spacial score (nSPS) is 14.9. The number of primary amides is 1. The number of nitrogens with two attached hydrogens (primary N) is 2. The molecule has 0 bridgehead atoms. The monoisotopic (exact) mass is 465 g/mol. The molecule has 4 amide bonds. The van der Waals surface area contributed by atoms with Gasteiger partial charge >= 0.3 is 5.97 Å². The summed E-state index contributed by atoms with van der Waals surface area (Å²) in [6, 6.07) is -4.56. The largest absolute Gasteiger partial charge is 0.480 e. The number of hydrogen-bond donors (Lipinski definition) is 7.